The van der Waals surface area contributed by atoms with Crippen LogP contribution >= 0.6 is 0 Å². The number of nitrogens with two attached hydrogens (primary N) is 1. The van der Waals surface area contributed by atoms with Gasteiger partial charge in [-0.1, -0.05) is 6.07 Å². The highest BCUT2D eigenvalue weighted by Crippen LogP contribution is 2.33. The molecule has 0 amide bonds. The summed E-state index contributed by atoms with van der Waals surface area (Å²) in [4.78, 5) is 2.43. The minimum absolute atomic E-state index is 0.266. The zero-order valence-corrected chi connectivity index (χ0v) is 13.0. The van der Waals surface area contributed by atoms with E-state index >= 15 is 0 Å². The highest BCUT2D eigenvalue weighted by atomic mass is 16.5. The summed E-state index contributed by atoms with van der Waals surface area (Å²) in [5.41, 5.74) is 11.1. The second-order valence-corrected chi connectivity index (χ2v) is 5.47. The smallest absolute Gasteiger partial charge is 0.124 e. The van der Waals surface area contributed by atoms with Crippen LogP contribution in [0.2, 0.25) is 0 Å². The summed E-state index contributed by atoms with van der Waals surface area (Å²) >= 11 is 0. The first-order valence-electron chi connectivity index (χ1n) is 7.26. The summed E-state index contributed by atoms with van der Waals surface area (Å²) in [6.07, 6.45) is 0. The Morgan fingerprint density at radius 2 is 1.90 bits per heavy atom. The van der Waals surface area contributed by atoms with Crippen molar-refractivity contribution < 1.29 is 9.47 Å². The van der Waals surface area contributed by atoms with Gasteiger partial charge in [0.05, 0.1) is 20.3 Å². The van der Waals surface area contributed by atoms with Crippen LogP contribution in [0.5, 0.6) is 5.75 Å². The van der Waals surface area contributed by atoms with Crippen LogP contribution in [0.15, 0.2) is 6.07 Å². The number of methoxy groups -OCH3 is 1. The van der Waals surface area contributed by atoms with Crippen LogP contribution in [-0.2, 0) is 4.74 Å². The Morgan fingerprint density at radius 1 is 1.25 bits per heavy atom. The Labute approximate surface area is 121 Å². The molecule has 1 aromatic carbocycles. The standard InChI is InChI=1S/C16H26N2O2/c1-11-9-14(12(2)13(3)16(11)19-4)15(10-17)18-5-7-20-8-6-18/h9,15H,5-8,10,17H2,1-4H3. The van der Waals surface area contributed by atoms with E-state index in [2.05, 4.69) is 31.7 Å². The Balaban J connectivity index is 2.39. The van der Waals surface area contributed by atoms with Gasteiger partial charge in [0.2, 0.25) is 0 Å². The third kappa shape index (κ3) is 2.82. The van der Waals surface area contributed by atoms with Crippen LogP contribution in [0.25, 0.3) is 0 Å². The molecular formula is C16H26N2O2. The third-order valence-electron chi connectivity index (χ3n) is 4.34. The number of benzene rings is 1. The number of aryl methyl sites for hydroxylation is 1. The van der Waals surface area contributed by atoms with Gasteiger partial charge in [-0.15, -0.1) is 0 Å². The molecule has 2 N–H and O–H groups in total. The molecule has 0 saturated carbocycles. The molecule has 20 heavy (non-hydrogen) atoms. The Hall–Kier alpha value is -1.10. The molecule has 1 aromatic rings. The first-order valence-corrected chi connectivity index (χ1v) is 7.26. The maximum absolute atomic E-state index is 6.06. The van der Waals surface area contributed by atoms with Gasteiger partial charge in [0, 0.05) is 25.7 Å². The highest BCUT2D eigenvalue weighted by molar-refractivity contribution is 5.50. The molecule has 0 bridgehead atoms. The Bertz CT molecular complexity index is 468. The predicted molar refractivity (Wildman–Crippen MR) is 81.4 cm³/mol. The van der Waals surface area contributed by atoms with Gasteiger partial charge in [0.15, 0.2) is 0 Å². The quantitative estimate of drug-likeness (QED) is 0.914. The summed E-state index contributed by atoms with van der Waals surface area (Å²) in [6.45, 7) is 10.5. The molecule has 0 spiro atoms. The molecular weight excluding hydrogens is 252 g/mol. The molecule has 1 fully saturated rings. The fourth-order valence-electron chi connectivity index (χ4n) is 3.11. The van der Waals surface area contributed by atoms with Gasteiger partial charge < -0.3 is 15.2 Å². The van der Waals surface area contributed by atoms with Crippen molar-refractivity contribution >= 4 is 0 Å². The van der Waals surface area contributed by atoms with E-state index in [9.17, 15) is 0 Å². The maximum atomic E-state index is 6.06. The van der Waals surface area contributed by atoms with E-state index in [0.717, 1.165) is 32.1 Å². The SMILES string of the molecule is COc1c(C)cc(C(CN)N2CCOCC2)c(C)c1C. The van der Waals surface area contributed by atoms with Crippen molar-refractivity contribution in [2.75, 3.05) is 40.0 Å². The van der Waals surface area contributed by atoms with Crippen molar-refractivity contribution in [3.8, 4) is 5.75 Å². The average Bonchev–Trinajstić information content (AvgIpc) is 2.46. The number of morpholine rings is 1. The number of rotatable bonds is 4. The highest BCUT2D eigenvalue weighted by Gasteiger charge is 2.24. The van der Waals surface area contributed by atoms with Crippen LogP contribution < -0.4 is 10.5 Å². The van der Waals surface area contributed by atoms with Crippen LogP contribution in [-0.4, -0.2) is 44.9 Å². The Morgan fingerprint density at radius 3 is 2.45 bits per heavy atom. The predicted octanol–water partition coefficient (Wildman–Crippen LogP) is 1.95. The molecule has 1 heterocycles. The van der Waals surface area contributed by atoms with Crippen LogP contribution in [0.4, 0.5) is 0 Å². The van der Waals surface area contributed by atoms with Crippen molar-refractivity contribution in [1.29, 1.82) is 0 Å². The summed E-state index contributed by atoms with van der Waals surface area (Å²) in [5.74, 6) is 0.990. The van der Waals surface area contributed by atoms with Crippen LogP contribution in [0.3, 0.4) is 0 Å². The first-order chi connectivity index (χ1) is 9.60. The van der Waals surface area contributed by atoms with E-state index in [0.29, 0.717) is 6.54 Å². The summed E-state index contributed by atoms with van der Waals surface area (Å²) in [6, 6.07) is 2.50. The number of ether oxygens (including phenoxy) is 2. The summed E-state index contributed by atoms with van der Waals surface area (Å²) < 4.78 is 10.9. The largest absolute Gasteiger partial charge is 0.496 e. The molecule has 1 aliphatic heterocycles. The maximum Gasteiger partial charge on any atom is 0.124 e. The van der Waals surface area contributed by atoms with E-state index in [4.69, 9.17) is 15.2 Å². The lowest BCUT2D eigenvalue weighted by molar-refractivity contribution is 0.0177. The second-order valence-electron chi connectivity index (χ2n) is 5.47. The second kappa shape index (κ2) is 6.57. The first kappa shape index (κ1) is 15.3. The normalized spacial score (nSPS) is 18.1. The zero-order chi connectivity index (χ0) is 14.7. The monoisotopic (exact) mass is 278 g/mol. The lowest BCUT2D eigenvalue weighted by Crippen LogP contribution is -2.42. The minimum Gasteiger partial charge on any atom is -0.496 e. The van der Waals surface area contributed by atoms with E-state index in [1.54, 1.807) is 7.11 Å². The fourth-order valence-corrected chi connectivity index (χ4v) is 3.11. The molecule has 2 rings (SSSR count). The van der Waals surface area contributed by atoms with Crippen molar-refractivity contribution in [2.24, 2.45) is 5.73 Å². The van der Waals surface area contributed by atoms with Gasteiger partial charge in [-0.05, 0) is 43.0 Å². The lowest BCUT2D eigenvalue weighted by Gasteiger charge is -2.35. The molecule has 1 atom stereocenters. The number of hydrogen-bond acceptors (Lipinski definition) is 4. The van der Waals surface area contributed by atoms with Gasteiger partial charge in [0.1, 0.15) is 5.75 Å². The van der Waals surface area contributed by atoms with Crippen molar-refractivity contribution in [1.82, 2.24) is 4.90 Å². The molecule has 0 aromatic heterocycles. The van der Waals surface area contributed by atoms with E-state index in [1.165, 1.54) is 22.3 Å². The summed E-state index contributed by atoms with van der Waals surface area (Å²) in [7, 11) is 1.73. The lowest BCUT2D eigenvalue weighted by atomic mass is 9.93. The van der Waals surface area contributed by atoms with Gasteiger partial charge in [-0.25, -0.2) is 0 Å². The van der Waals surface area contributed by atoms with E-state index in [1.807, 2.05) is 0 Å². The molecule has 4 nitrogen and oxygen atoms in total. The average molecular weight is 278 g/mol. The molecule has 112 valence electrons. The van der Waals surface area contributed by atoms with Crippen molar-refractivity contribution in [2.45, 2.75) is 26.8 Å². The summed E-state index contributed by atoms with van der Waals surface area (Å²) in [5, 5.41) is 0. The van der Waals surface area contributed by atoms with Crippen molar-refractivity contribution in [3.05, 3.63) is 28.3 Å². The van der Waals surface area contributed by atoms with Gasteiger partial charge in [0.25, 0.3) is 0 Å². The third-order valence-corrected chi connectivity index (χ3v) is 4.34. The fraction of sp³-hybridized carbons (Fsp3) is 0.625. The number of nitrogens with zero attached hydrogens (tertiary/aromatic N) is 1. The van der Waals surface area contributed by atoms with Crippen LogP contribution in [0.1, 0.15) is 28.3 Å². The molecule has 1 saturated heterocycles. The molecule has 1 unspecified atom stereocenters. The van der Waals surface area contributed by atoms with Gasteiger partial charge in [-0.3, -0.25) is 4.90 Å². The molecule has 1 aliphatic rings. The van der Waals surface area contributed by atoms with Crippen LogP contribution in [0, 0.1) is 20.8 Å². The topological polar surface area (TPSA) is 47.7 Å². The Kier molecular flexibility index (Phi) is 5.02. The molecule has 4 heteroatoms. The zero-order valence-electron chi connectivity index (χ0n) is 13.0. The van der Waals surface area contributed by atoms with E-state index in [-0.39, 0.29) is 6.04 Å². The van der Waals surface area contributed by atoms with Gasteiger partial charge in [-0.2, -0.15) is 0 Å². The van der Waals surface area contributed by atoms with Crippen molar-refractivity contribution in [3.63, 3.8) is 0 Å². The van der Waals surface area contributed by atoms with Gasteiger partial charge >= 0.3 is 0 Å². The van der Waals surface area contributed by atoms with E-state index < -0.39 is 0 Å². The number of hydrogen-bond donors (Lipinski definition) is 1. The molecule has 0 aliphatic carbocycles. The molecule has 0 radical (unpaired) electrons. The minimum atomic E-state index is 0.266.